The third kappa shape index (κ3) is 4.89. The van der Waals surface area contributed by atoms with Gasteiger partial charge in [0.1, 0.15) is 5.82 Å². The number of nitrogens with one attached hydrogen (secondary N) is 2. The number of anilines is 3. The van der Waals surface area contributed by atoms with Crippen molar-refractivity contribution in [3.63, 3.8) is 0 Å². The molecule has 1 fully saturated rings. The maximum absolute atomic E-state index is 12.7. The van der Waals surface area contributed by atoms with Crippen LogP contribution in [0.5, 0.6) is 0 Å². The van der Waals surface area contributed by atoms with Crippen molar-refractivity contribution in [1.82, 2.24) is 9.97 Å². The van der Waals surface area contributed by atoms with Gasteiger partial charge in [-0.15, -0.1) is 0 Å². The van der Waals surface area contributed by atoms with Crippen LogP contribution >= 0.6 is 0 Å². The van der Waals surface area contributed by atoms with Crippen LogP contribution in [0.3, 0.4) is 0 Å². The first-order chi connectivity index (χ1) is 14.3. The number of rotatable bonds is 6. The van der Waals surface area contributed by atoms with Gasteiger partial charge in [-0.05, 0) is 42.0 Å². The predicted molar refractivity (Wildman–Crippen MR) is 113 cm³/mol. The van der Waals surface area contributed by atoms with E-state index in [9.17, 15) is 4.79 Å². The van der Waals surface area contributed by atoms with Gasteiger partial charge < -0.3 is 20.3 Å². The normalized spacial score (nSPS) is 13.7. The van der Waals surface area contributed by atoms with Crippen molar-refractivity contribution in [3.8, 4) is 0 Å². The van der Waals surface area contributed by atoms with Crippen molar-refractivity contribution in [2.45, 2.75) is 6.54 Å². The van der Waals surface area contributed by atoms with Crippen LogP contribution in [0.15, 0.2) is 67.1 Å². The van der Waals surface area contributed by atoms with Gasteiger partial charge in [0.2, 0.25) is 0 Å². The molecule has 0 radical (unpaired) electrons. The summed E-state index contributed by atoms with van der Waals surface area (Å²) in [5.41, 5.74) is 3.42. The van der Waals surface area contributed by atoms with Crippen molar-refractivity contribution in [1.29, 1.82) is 0 Å². The summed E-state index contributed by atoms with van der Waals surface area (Å²) < 4.78 is 5.42. The third-order valence-corrected chi connectivity index (χ3v) is 4.75. The lowest BCUT2D eigenvalue weighted by Crippen LogP contribution is -2.36. The summed E-state index contributed by atoms with van der Waals surface area (Å²) >= 11 is 0. The van der Waals surface area contributed by atoms with Gasteiger partial charge in [-0.2, -0.15) is 0 Å². The molecule has 0 aliphatic carbocycles. The van der Waals surface area contributed by atoms with Crippen LogP contribution in [-0.2, 0) is 11.3 Å². The molecular weight excluding hydrogens is 366 g/mol. The Morgan fingerprint density at radius 1 is 1.03 bits per heavy atom. The number of benzene rings is 1. The van der Waals surface area contributed by atoms with E-state index in [0.29, 0.717) is 31.1 Å². The molecule has 2 N–H and O–H groups in total. The van der Waals surface area contributed by atoms with E-state index in [2.05, 4.69) is 25.5 Å². The second kappa shape index (κ2) is 9.16. The van der Waals surface area contributed by atoms with Crippen molar-refractivity contribution in [3.05, 3.63) is 78.2 Å². The standard InChI is InChI=1S/C22H23N5O2/c28-22(26-19-3-1-2-4-20(19)27-11-13-29-14-12-27)18-5-6-21(25-16-18)24-15-17-7-9-23-10-8-17/h1-10,16H,11-15H2,(H,24,25)(H,26,28). The van der Waals surface area contributed by atoms with Gasteiger partial charge in [-0.1, -0.05) is 12.1 Å². The van der Waals surface area contributed by atoms with E-state index < -0.39 is 0 Å². The highest BCUT2D eigenvalue weighted by Crippen LogP contribution is 2.26. The first-order valence-corrected chi connectivity index (χ1v) is 9.61. The first-order valence-electron chi connectivity index (χ1n) is 9.61. The smallest absolute Gasteiger partial charge is 0.257 e. The van der Waals surface area contributed by atoms with Crippen molar-refractivity contribution < 1.29 is 9.53 Å². The number of carbonyl (C=O) groups is 1. The summed E-state index contributed by atoms with van der Waals surface area (Å²) in [4.78, 5) is 23.3. The van der Waals surface area contributed by atoms with E-state index in [-0.39, 0.29) is 5.91 Å². The Morgan fingerprint density at radius 3 is 2.59 bits per heavy atom. The Balaban J connectivity index is 1.40. The summed E-state index contributed by atoms with van der Waals surface area (Å²) in [6, 6.07) is 15.3. The highest BCUT2D eigenvalue weighted by Gasteiger charge is 2.16. The summed E-state index contributed by atoms with van der Waals surface area (Å²) in [6.45, 7) is 3.66. The van der Waals surface area contributed by atoms with E-state index in [4.69, 9.17) is 4.74 Å². The molecule has 2 aromatic heterocycles. The van der Waals surface area contributed by atoms with Crippen LogP contribution in [0.2, 0.25) is 0 Å². The minimum absolute atomic E-state index is 0.182. The molecule has 1 aromatic carbocycles. The summed E-state index contributed by atoms with van der Waals surface area (Å²) in [7, 11) is 0. The molecule has 0 atom stereocenters. The number of nitrogens with zero attached hydrogens (tertiary/aromatic N) is 3. The summed E-state index contributed by atoms with van der Waals surface area (Å²) in [5, 5.41) is 6.25. The molecule has 3 heterocycles. The molecule has 0 spiro atoms. The van der Waals surface area contributed by atoms with Crippen LogP contribution < -0.4 is 15.5 Å². The van der Waals surface area contributed by atoms with E-state index in [1.807, 2.05) is 42.5 Å². The quantitative estimate of drug-likeness (QED) is 0.674. The number of para-hydroxylation sites is 2. The molecule has 1 saturated heterocycles. The third-order valence-electron chi connectivity index (χ3n) is 4.75. The maximum atomic E-state index is 12.7. The minimum Gasteiger partial charge on any atom is -0.378 e. The molecule has 1 amide bonds. The molecule has 1 aliphatic rings. The van der Waals surface area contributed by atoms with Gasteiger partial charge in [-0.25, -0.2) is 4.98 Å². The molecule has 4 rings (SSSR count). The van der Waals surface area contributed by atoms with Crippen LogP contribution in [-0.4, -0.2) is 42.2 Å². The lowest BCUT2D eigenvalue weighted by Gasteiger charge is -2.30. The highest BCUT2D eigenvalue weighted by atomic mass is 16.5. The average Bonchev–Trinajstić information content (AvgIpc) is 2.80. The Morgan fingerprint density at radius 2 is 1.83 bits per heavy atom. The van der Waals surface area contributed by atoms with Crippen LogP contribution in [0, 0.1) is 0 Å². The molecule has 0 unspecified atom stereocenters. The second-order valence-corrected chi connectivity index (χ2v) is 6.71. The predicted octanol–water partition coefficient (Wildman–Crippen LogP) is 3.18. The van der Waals surface area contributed by atoms with Gasteiger partial charge in [0.05, 0.1) is 30.2 Å². The first kappa shape index (κ1) is 18.9. The fourth-order valence-corrected chi connectivity index (χ4v) is 3.18. The zero-order valence-electron chi connectivity index (χ0n) is 16.0. The number of hydrogen-bond donors (Lipinski definition) is 2. The van der Waals surface area contributed by atoms with Crippen molar-refractivity contribution in [2.75, 3.05) is 41.8 Å². The van der Waals surface area contributed by atoms with Crippen molar-refractivity contribution >= 4 is 23.1 Å². The summed E-state index contributed by atoms with van der Waals surface area (Å²) in [5.74, 6) is 0.533. The van der Waals surface area contributed by atoms with Gasteiger partial charge in [0.25, 0.3) is 5.91 Å². The molecule has 1 aliphatic heterocycles. The highest BCUT2D eigenvalue weighted by molar-refractivity contribution is 6.05. The van der Waals surface area contributed by atoms with E-state index in [1.54, 1.807) is 24.7 Å². The molecule has 148 valence electrons. The lowest BCUT2D eigenvalue weighted by molar-refractivity contribution is 0.102. The molecule has 0 saturated carbocycles. The van der Waals surface area contributed by atoms with Gasteiger partial charge in [0, 0.05) is 38.2 Å². The van der Waals surface area contributed by atoms with Gasteiger partial charge in [-0.3, -0.25) is 9.78 Å². The number of carbonyl (C=O) groups excluding carboxylic acids is 1. The van der Waals surface area contributed by atoms with Crippen LogP contribution in [0.25, 0.3) is 0 Å². The number of ether oxygens (including phenoxy) is 1. The zero-order valence-corrected chi connectivity index (χ0v) is 16.0. The number of aromatic nitrogens is 2. The van der Waals surface area contributed by atoms with E-state index >= 15 is 0 Å². The molecule has 29 heavy (non-hydrogen) atoms. The van der Waals surface area contributed by atoms with Gasteiger partial charge in [0.15, 0.2) is 0 Å². The van der Waals surface area contributed by atoms with E-state index in [0.717, 1.165) is 30.0 Å². The molecule has 3 aromatic rings. The number of amides is 1. The van der Waals surface area contributed by atoms with E-state index in [1.165, 1.54) is 0 Å². The zero-order chi connectivity index (χ0) is 19.9. The Kier molecular flexibility index (Phi) is 5.97. The minimum atomic E-state index is -0.182. The van der Waals surface area contributed by atoms with Crippen LogP contribution in [0.1, 0.15) is 15.9 Å². The molecular formula is C22H23N5O2. The molecule has 7 nitrogen and oxygen atoms in total. The maximum Gasteiger partial charge on any atom is 0.257 e. The largest absolute Gasteiger partial charge is 0.378 e. The second-order valence-electron chi connectivity index (χ2n) is 6.71. The monoisotopic (exact) mass is 389 g/mol. The Hall–Kier alpha value is -3.45. The fourth-order valence-electron chi connectivity index (χ4n) is 3.18. The number of pyridine rings is 2. The van der Waals surface area contributed by atoms with Crippen molar-refractivity contribution in [2.24, 2.45) is 0 Å². The number of hydrogen-bond acceptors (Lipinski definition) is 6. The fraction of sp³-hybridized carbons (Fsp3) is 0.227. The topological polar surface area (TPSA) is 79.4 Å². The average molecular weight is 389 g/mol. The molecule has 0 bridgehead atoms. The Labute approximate surface area is 169 Å². The Bertz CT molecular complexity index is 941. The lowest BCUT2D eigenvalue weighted by atomic mass is 10.2. The van der Waals surface area contributed by atoms with Crippen LogP contribution in [0.4, 0.5) is 17.2 Å². The van der Waals surface area contributed by atoms with Gasteiger partial charge >= 0.3 is 0 Å². The number of morpholine rings is 1. The SMILES string of the molecule is O=C(Nc1ccccc1N1CCOCC1)c1ccc(NCc2ccncc2)nc1. The molecule has 7 heteroatoms. The summed E-state index contributed by atoms with van der Waals surface area (Å²) in [6.07, 6.45) is 5.10.